The van der Waals surface area contributed by atoms with Crippen LogP contribution in [0.2, 0.25) is 0 Å². The number of hydrogen-bond donors (Lipinski definition) is 2. The zero-order chi connectivity index (χ0) is 26.1. The van der Waals surface area contributed by atoms with Gasteiger partial charge in [0.25, 0.3) is 5.56 Å². The molecule has 1 aromatic carbocycles. The summed E-state index contributed by atoms with van der Waals surface area (Å²) in [5.74, 6) is -1.39. The third-order valence-corrected chi connectivity index (χ3v) is 8.53. The van der Waals surface area contributed by atoms with Gasteiger partial charge in [0, 0.05) is 18.2 Å². The second-order valence-electron chi connectivity index (χ2n) is 9.68. The Balaban J connectivity index is 1.44. The summed E-state index contributed by atoms with van der Waals surface area (Å²) in [5.41, 5.74) is 5.11. The molecule has 0 saturated carbocycles. The lowest BCUT2D eigenvalue weighted by molar-refractivity contribution is -0.149. The van der Waals surface area contributed by atoms with Crippen LogP contribution in [-0.4, -0.2) is 52.6 Å². The van der Waals surface area contributed by atoms with E-state index >= 15 is 0 Å². The average Bonchev–Trinajstić information content (AvgIpc) is 3.06. The van der Waals surface area contributed by atoms with E-state index in [9.17, 15) is 18.9 Å². The summed E-state index contributed by atoms with van der Waals surface area (Å²) in [6.45, 7) is 5.25. The van der Waals surface area contributed by atoms with Gasteiger partial charge < -0.3 is 24.3 Å². The van der Waals surface area contributed by atoms with Crippen LogP contribution in [0.1, 0.15) is 44.9 Å². The molecule has 2 aliphatic heterocycles. The van der Waals surface area contributed by atoms with Crippen molar-refractivity contribution in [1.82, 2.24) is 9.55 Å². The first-order chi connectivity index (χ1) is 17.0. The Morgan fingerprint density at radius 2 is 2.00 bits per heavy atom. The summed E-state index contributed by atoms with van der Waals surface area (Å²) in [4.78, 5) is 38.7. The molecule has 2 aliphatic rings. The molecule has 0 amide bonds. The van der Waals surface area contributed by atoms with Gasteiger partial charge in [-0.2, -0.15) is 0 Å². The highest BCUT2D eigenvalue weighted by molar-refractivity contribution is 7.53. The van der Waals surface area contributed by atoms with E-state index in [-0.39, 0.29) is 37.9 Å². The van der Waals surface area contributed by atoms with E-state index in [0.29, 0.717) is 0 Å². The molecule has 196 valence electrons. The number of hydrogen-bond acceptors (Lipinski definition) is 9. The number of benzene rings is 1. The maximum atomic E-state index is 13.5. The van der Waals surface area contributed by atoms with Crippen LogP contribution in [-0.2, 0) is 27.9 Å². The molecule has 3 N–H and O–H groups in total. The van der Waals surface area contributed by atoms with Gasteiger partial charge in [0.15, 0.2) is 6.23 Å². The van der Waals surface area contributed by atoms with Gasteiger partial charge in [-0.25, -0.2) is 4.79 Å². The molecule has 2 fully saturated rings. The number of aromatic amines is 1. The first-order valence-corrected chi connectivity index (χ1v) is 13.6. The summed E-state index contributed by atoms with van der Waals surface area (Å²) in [6.07, 6.45) is -0.0957. The summed E-state index contributed by atoms with van der Waals surface area (Å²) >= 11 is 0. The van der Waals surface area contributed by atoms with Crippen molar-refractivity contribution in [2.45, 2.75) is 57.1 Å². The van der Waals surface area contributed by atoms with Crippen LogP contribution >= 0.6 is 7.60 Å². The minimum Gasteiger partial charge on any atom is -0.463 e. The molecule has 2 aromatic rings. The van der Waals surface area contributed by atoms with Crippen molar-refractivity contribution in [3.8, 4) is 0 Å². The molecular formula is C24H32N3O8P. The molecule has 12 heteroatoms. The average molecular weight is 522 g/mol. The maximum Gasteiger partial charge on any atom is 0.331 e. The zero-order valence-corrected chi connectivity index (χ0v) is 21.4. The third kappa shape index (κ3) is 5.55. The number of esters is 1. The Kier molecular flexibility index (Phi) is 7.68. The summed E-state index contributed by atoms with van der Waals surface area (Å²) < 4.78 is 37.5. The number of nitrogens with one attached hydrogen (secondary N) is 1. The number of ether oxygens (including phenoxy) is 2. The summed E-state index contributed by atoms with van der Waals surface area (Å²) in [5, 5.41) is 0. The largest absolute Gasteiger partial charge is 0.463 e. The van der Waals surface area contributed by atoms with Gasteiger partial charge in [-0.3, -0.25) is 23.7 Å². The third-order valence-electron chi connectivity index (χ3n) is 6.58. The maximum absolute atomic E-state index is 13.5. The molecule has 11 nitrogen and oxygen atoms in total. The van der Waals surface area contributed by atoms with Crippen LogP contribution in [0.3, 0.4) is 0 Å². The highest BCUT2D eigenvalue weighted by Crippen LogP contribution is 2.58. The van der Waals surface area contributed by atoms with Crippen LogP contribution in [0.5, 0.6) is 0 Å². The number of aromatic nitrogens is 2. The zero-order valence-electron chi connectivity index (χ0n) is 20.5. The molecule has 0 spiro atoms. The number of carbonyl (C=O) groups excluding carboxylic acids is 1. The van der Waals surface area contributed by atoms with Crippen molar-refractivity contribution in [2.75, 3.05) is 19.4 Å². The van der Waals surface area contributed by atoms with Crippen LogP contribution in [0.4, 0.5) is 0 Å². The first-order valence-electron chi connectivity index (χ1n) is 11.9. The SMILES string of the molecule is CC(C)OC(=O)C(CCOP1(=O)C[C@@H]2[C@@H](CO1)O[C@@H](n1ccc(=O)[nH]c1=O)[C@]2(C)N)c1ccccc1. The molecular weight excluding hydrogens is 489 g/mol. The predicted molar refractivity (Wildman–Crippen MR) is 131 cm³/mol. The summed E-state index contributed by atoms with van der Waals surface area (Å²) in [6, 6.07) is 10.4. The number of carbonyl (C=O) groups is 1. The molecule has 2 saturated heterocycles. The van der Waals surface area contributed by atoms with Gasteiger partial charge in [0.1, 0.15) is 0 Å². The van der Waals surface area contributed by atoms with Crippen molar-refractivity contribution < 1.29 is 27.9 Å². The molecule has 0 bridgehead atoms. The van der Waals surface area contributed by atoms with Gasteiger partial charge in [-0.1, -0.05) is 30.3 Å². The second kappa shape index (κ2) is 10.4. The lowest BCUT2D eigenvalue weighted by atomic mass is 9.85. The monoisotopic (exact) mass is 521 g/mol. The Labute approximate surface area is 208 Å². The molecule has 6 atom stereocenters. The smallest absolute Gasteiger partial charge is 0.331 e. The lowest BCUT2D eigenvalue weighted by Gasteiger charge is -2.36. The number of H-pyrrole nitrogens is 1. The van der Waals surface area contributed by atoms with Crippen LogP contribution in [0, 0.1) is 5.92 Å². The van der Waals surface area contributed by atoms with E-state index in [1.165, 1.54) is 16.8 Å². The van der Waals surface area contributed by atoms with Gasteiger partial charge in [-0.15, -0.1) is 0 Å². The number of fused-ring (bicyclic) bond motifs is 1. The minimum atomic E-state index is -3.56. The fourth-order valence-electron chi connectivity index (χ4n) is 4.74. The molecule has 0 aliphatic carbocycles. The number of rotatable bonds is 8. The first kappa shape index (κ1) is 26.5. The minimum absolute atomic E-state index is 0.00632. The van der Waals surface area contributed by atoms with Gasteiger partial charge in [-0.05, 0) is 32.8 Å². The van der Waals surface area contributed by atoms with E-state index in [4.69, 9.17) is 24.3 Å². The molecule has 4 rings (SSSR count). The Bertz CT molecular complexity index is 1240. The molecule has 0 radical (unpaired) electrons. The molecule has 36 heavy (non-hydrogen) atoms. The van der Waals surface area contributed by atoms with Gasteiger partial charge in [0.2, 0.25) is 0 Å². The Hall–Kier alpha value is -2.56. The van der Waals surface area contributed by atoms with Crippen molar-refractivity contribution in [2.24, 2.45) is 11.7 Å². The highest BCUT2D eigenvalue weighted by Gasteiger charge is 2.57. The van der Waals surface area contributed by atoms with E-state index < -0.39 is 48.6 Å². The fraction of sp³-hybridized carbons (Fsp3) is 0.542. The van der Waals surface area contributed by atoms with Gasteiger partial charge >= 0.3 is 19.3 Å². The van der Waals surface area contributed by atoms with E-state index in [1.54, 1.807) is 20.8 Å². The quantitative estimate of drug-likeness (QED) is 0.393. The van der Waals surface area contributed by atoms with Crippen LogP contribution in [0.25, 0.3) is 0 Å². The van der Waals surface area contributed by atoms with E-state index in [1.807, 2.05) is 30.3 Å². The summed E-state index contributed by atoms with van der Waals surface area (Å²) in [7, 11) is -3.56. The number of nitrogens with zero attached hydrogens (tertiary/aromatic N) is 1. The molecule has 1 aromatic heterocycles. The second-order valence-corrected chi connectivity index (χ2v) is 11.8. The Morgan fingerprint density at radius 3 is 2.67 bits per heavy atom. The van der Waals surface area contributed by atoms with Crippen LogP contribution in [0.15, 0.2) is 52.2 Å². The topological polar surface area (TPSA) is 152 Å². The normalized spacial score (nSPS) is 30.6. The standard InChI is InChI=1S/C24H32N3O8P/c1-15(2)34-21(29)17(16-7-5-4-6-8-16)10-12-32-36(31)14-18-19(13-33-36)35-22(24(18,3)25)27-11-9-20(28)26-23(27)30/h4-9,11,15,17-19,22H,10,12-14,25H2,1-3H3,(H,26,28,30)/t17?,18-,19-,22-,24-,36?/m1/s1. The van der Waals surface area contributed by atoms with E-state index in [0.717, 1.165) is 5.56 Å². The van der Waals surface area contributed by atoms with Crippen molar-refractivity contribution in [1.29, 1.82) is 0 Å². The molecule has 3 heterocycles. The lowest BCUT2D eigenvalue weighted by Crippen LogP contribution is -2.52. The van der Waals surface area contributed by atoms with Crippen molar-refractivity contribution in [3.63, 3.8) is 0 Å². The molecule has 2 unspecified atom stereocenters. The van der Waals surface area contributed by atoms with Gasteiger partial charge in [0.05, 0.1) is 43.0 Å². The van der Waals surface area contributed by atoms with Crippen molar-refractivity contribution in [3.05, 3.63) is 69.0 Å². The fourth-order valence-corrected chi connectivity index (χ4v) is 6.89. The van der Waals surface area contributed by atoms with Crippen LogP contribution < -0.4 is 17.0 Å². The predicted octanol–water partition coefficient (Wildman–Crippen LogP) is 2.13. The van der Waals surface area contributed by atoms with Crippen molar-refractivity contribution >= 4 is 13.6 Å². The Morgan fingerprint density at radius 1 is 1.28 bits per heavy atom. The highest BCUT2D eigenvalue weighted by atomic mass is 31.2. The number of nitrogens with two attached hydrogens (primary N) is 1. The van der Waals surface area contributed by atoms with E-state index in [2.05, 4.69) is 4.98 Å².